The smallest absolute Gasteiger partial charge is 0.299 e. The number of aromatic amines is 1. The third kappa shape index (κ3) is 2.12. The summed E-state index contributed by atoms with van der Waals surface area (Å²) >= 11 is 3.04. The van der Waals surface area contributed by atoms with Gasteiger partial charge in [-0.3, -0.25) is 19.3 Å². The maximum Gasteiger partial charge on any atom is 0.326 e. The Morgan fingerprint density at radius 3 is 2.76 bits per heavy atom. The molecule has 2 rings (SSSR count). The van der Waals surface area contributed by atoms with Crippen molar-refractivity contribution < 1.29 is 19.4 Å². The molecule has 0 aromatic carbocycles. The van der Waals surface area contributed by atoms with Gasteiger partial charge in [0.2, 0.25) is 0 Å². The average Bonchev–Trinajstić information content (AvgIpc) is 2.60. The number of imide groups is 1. The molecule has 0 fully saturated rings. The zero-order valence-electron chi connectivity index (χ0n) is 8.90. The summed E-state index contributed by atoms with van der Waals surface area (Å²) in [5, 5.41) is 0.238. The van der Waals surface area contributed by atoms with Crippen molar-refractivity contribution in [2.24, 2.45) is 0 Å². The maximum atomic E-state index is 11.9. The number of nitrogens with one attached hydrogen (secondary N) is 1. The molecule has 1 N–H and O–H groups in total. The number of carbonyl (C=O) groups excluding carboxylic acids is 3. The van der Waals surface area contributed by atoms with Gasteiger partial charge in [0.1, 0.15) is 11.3 Å². The van der Waals surface area contributed by atoms with Gasteiger partial charge in [0, 0.05) is 19.0 Å². The molecule has 1 aromatic heterocycles. The highest BCUT2D eigenvalue weighted by Crippen LogP contribution is 2.18. The number of nitrogens with zero attached hydrogens (tertiary/aromatic N) is 1. The molecule has 6 heteroatoms. The highest BCUT2D eigenvalue weighted by Gasteiger charge is 2.40. The van der Waals surface area contributed by atoms with E-state index in [9.17, 15) is 14.4 Å². The predicted octanol–water partition coefficient (Wildman–Crippen LogP) is 0.451. The van der Waals surface area contributed by atoms with Crippen LogP contribution in [0.1, 0.15) is 27.3 Å². The molecule has 0 spiro atoms. The molecular formula is C11H10BrN2O3+. The lowest BCUT2D eigenvalue weighted by molar-refractivity contribution is -0.382. The van der Waals surface area contributed by atoms with Crippen molar-refractivity contribution in [3.05, 3.63) is 29.6 Å². The fourth-order valence-electron chi connectivity index (χ4n) is 1.67. The van der Waals surface area contributed by atoms with E-state index in [0.29, 0.717) is 11.3 Å². The number of carbonyl (C=O) groups is 3. The molecule has 0 bridgehead atoms. The van der Waals surface area contributed by atoms with Crippen LogP contribution in [0.2, 0.25) is 0 Å². The van der Waals surface area contributed by atoms with Crippen molar-refractivity contribution in [1.82, 2.24) is 4.90 Å². The number of hydrogen-bond donors (Lipinski definition) is 0. The third-order valence-electron chi connectivity index (χ3n) is 2.55. The summed E-state index contributed by atoms with van der Waals surface area (Å²) in [5.41, 5.74) is 0.660. The van der Waals surface area contributed by atoms with Crippen molar-refractivity contribution >= 4 is 33.5 Å². The standard InChI is InChI=1S/C11H9BrN2O3/c12-6-7(15)3-5-14-10(16)8-2-1-4-13-9(8)11(14)17/h1-2,4H,3,5-6H2/p+1. The molecule has 1 aromatic rings. The number of halogens is 1. The second kappa shape index (κ2) is 4.75. The lowest BCUT2D eigenvalue weighted by atomic mass is 10.2. The molecule has 17 heavy (non-hydrogen) atoms. The molecule has 2 amide bonds. The van der Waals surface area contributed by atoms with Gasteiger partial charge in [-0.2, -0.15) is 0 Å². The Labute approximate surface area is 106 Å². The highest BCUT2D eigenvalue weighted by molar-refractivity contribution is 9.09. The number of amides is 2. The van der Waals surface area contributed by atoms with Crippen molar-refractivity contribution in [3.8, 4) is 0 Å². The fraction of sp³-hybridized carbons (Fsp3) is 0.273. The lowest BCUT2D eigenvalue weighted by Crippen LogP contribution is -2.33. The lowest BCUT2D eigenvalue weighted by Gasteiger charge is -2.10. The average molecular weight is 298 g/mol. The first kappa shape index (κ1) is 11.9. The summed E-state index contributed by atoms with van der Waals surface area (Å²) in [7, 11) is 0. The van der Waals surface area contributed by atoms with Crippen LogP contribution in [0.15, 0.2) is 18.3 Å². The Bertz CT molecular complexity index is 466. The predicted molar refractivity (Wildman–Crippen MR) is 61.8 cm³/mol. The number of alkyl halides is 1. The van der Waals surface area contributed by atoms with Crippen LogP contribution in [0.25, 0.3) is 0 Å². The van der Waals surface area contributed by atoms with Crippen molar-refractivity contribution in [3.63, 3.8) is 0 Å². The van der Waals surface area contributed by atoms with Gasteiger partial charge >= 0.3 is 5.91 Å². The largest absolute Gasteiger partial charge is 0.326 e. The molecule has 1 aliphatic heterocycles. The second-order valence-electron chi connectivity index (χ2n) is 3.64. The Morgan fingerprint density at radius 2 is 2.12 bits per heavy atom. The van der Waals surface area contributed by atoms with Crippen LogP contribution in [0, 0.1) is 0 Å². The summed E-state index contributed by atoms with van der Waals surface area (Å²) in [5.74, 6) is -0.747. The SMILES string of the molecule is O=C(CBr)CCN1C(=O)c2ccc[nH+]c2C1=O. The number of rotatable bonds is 4. The van der Waals surface area contributed by atoms with Crippen molar-refractivity contribution in [2.75, 3.05) is 11.9 Å². The summed E-state index contributed by atoms with van der Waals surface area (Å²) in [6, 6.07) is 3.26. The minimum atomic E-state index is -0.368. The van der Waals surface area contributed by atoms with Crippen LogP contribution in [0.5, 0.6) is 0 Å². The second-order valence-corrected chi connectivity index (χ2v) is 4.20. The van der Waals surface area contributed by atoms with E-state index in [1.807, 2.05) is 0 Å². The van der Waals surface area contributed by atoms with Crippen molar-refractivity contribution in [1.29, 1.82) is 0 Å². The number of fused-ring (bicyclic) bond motifs is 1. The van der Waals surface area contributed by atoms with Gasteiger partial charge in [0.15, 0.2) is 6.20 Å². The highest BCUT2D eigenvalue weighted by atomic mass is 79.9. The van der Waals surface area contributed by atoms with Crippen LogP contribution in [0.4, 0.5) is 0 Å². The van der Waals surface area contributed by atoms with E-state index in [1.165, 1.54) is 0 Å². The van der Waals surface area contributed by atoms with E-state index in [-0.39, 0.29) is 35.9 Å². The van der Waals surface area contributed by atoms with Gasteiger partial charge < -0.3 is 0 Å². The Hall–Kier alpha value is -1.56. The van der Waals surface area contributed by atoms with Gasteiger partial charge in [-0.05, 0) is 6.07 Å². The topological polar surface area (TPSA) is 68.6 Å². The van der Waals surface area contributed by atoms with Crippen LogP contribution >= 0.6 is 15.9 Å². The Balaban J connectivity index is 2.16. The molecule has 0 atom stereocenters. The molecule has 0 saturated heterocycles. The van der Waals surface area contributed by atoms with E-state index in [2.05, 4.69) is 20.9 Å². The molecule has 2 heterocycles. The zero-order valence-corrected chi connectivity index (χ0v) is 10.5. The van der Waals surface area contributed by atoms with Gasteiger partial charge in [-0.15, -0.1) is 0 Å². The first-order valence-corrected chi connectivity index (χ1v) is 6.22. The number of Topliss-reactive ketones (excluding diaryl/α,β-unsaturated/α-hetero) is 1. The Morgan fingerprint density at radius 1 is 1.35 bits per heavy atom. The van der Waals surface area contributed by atoms with Crippen LogP contribution in [-0.4, -0.2) is 34.4 Å². The minimum Gasteiger partial charge on any atom is -0.299 e. The number of ketones is 1. The number of hydrogen-bond acceptors (Lipinski definition) is 3. The first-order valence-electron chi connectivity index (χ1n) is 5.09. The minimum absolute atomic E-state index is 0.0365. The van der Waals surface area contributed by atoms with Crippen LogP contribution in [0.3, 0.4) is 0 Å². The first-order chi connectivity index (χ1) is 8.15. The summed E-state index contributed by atoms with van der Waals surface area (Å²) < 4.78 is 0. The quantitative estimate of drug-likeness (QED) is 0.598. The molecule has 0 radical (unpaired) electrons. The normalized spacial score (nSPS) is 14.1. The molecule has 88 valence electrons. The van der Waals surface area contributed by atoms with E-state index in [4.69, 9.17) is 0 Å². The van der Waals surface area contributed by atoms with E-state index < -0.39 is 0 Å². The van der Waals surface area contributed by atoms with Gasteiger partial charge in [-0.25, -0.2) is 4.98 Å². The third-order valence-corrected chi connectivity index (χ3v) is 3.18. The number of H-pyrrole nitrogens is 1. The fourth-order valence-corrected chi connectivity index (χ4v) is 1.95. The summed E-state index contributed by atoms with van der Waals surface area (Å²) in [6.45, 7) is 0.130. The maximum absolute atomic E-state index is 11.9. The Kier molecular flexibility index (Phi) is 3.33. The number of pyridine rings is 1. The summed E-state index contributed by atoms with van der Waals surface area (Å²) in [4.78, 5) is 38.7. The molecule has 5 nitrogen and oxygen atoms in total. The van der Waals surface area contributed by atoms with Crippen molar-refractivity contribution in [2.45, 2.75) is 6.42 Å². The van der Waals surface area contributed by atoms with E-state index in [1.54, 1.807) is 18.3 Å². The molecule has 0 saturated carbocycles. The van der Waals surface area contributed by atoms with Crippen LogP contribution in [-0.2, 0) is 4.79 Å². The van der Waals surface area contributed by atoms with Gasteiger partial charge in [0.25, 0.3) is 11.6 Å². The molecule has 1 aliphatic rings. The van der Waals surface area contributed by atoms with Crippen LogP contribution < -0.4 is 4.98 Å². The summed E-state index contributed by atoms with van der Waals surface area (Å²) in [6.07, 6.45) is 1.77. The van der Waals surface area contributed by atoms with E-state index >= 15 is 0 Å². The van der Waals surface area contributed by atoms with Gasteiger partial charge in [0.05, 0.1) is 5.33 Å². The molecular weight excluding hydrogens is 288 g/mol. The monoisotopic (exact) mass is 297 g/mol. The molecule has 0 aliphatic carbocycles. The van der Waals surface area contributed by atoms with Gasteiger partial charge in [-0.1, -0.05) is 15.9 Å². The number of aromatic nitrogens is 1. The van der Waals surface area contributed by atoms with E-state index in [0.717, 1.165) is 4.90 Å². The molecule has 0 unspecified atom stereocenters. The zero-order chi connectivity index (χ0) is 12.4.